The summed E-state index contributed by atoms with van der Waals surface area (Å²) in [6.45, 7) is 4.78. The zero-order valence-corrected chi connectivity index (χ0v) is 15.1. The Bertz CT molecular complexity index is 674. The minimum atomic E-state index is -3.82. The lowest BCUT2D eigenvalue weighted by atomic mass is 10.2. The highest BCUT2D eigenvalue weighted by Crippen LogP contribution is 2.14. The van der Waals surface area contributed by atoms with E-state index >= 15 is 0 Å². The Labute approximate surface area is 148 Å². The summed E-state index contributed by atoms with van der Waals surface area (Å²) in [4.78, 5) is 14.2. The van der Waals surface area contributed by atoms with Crippen LogP contribution in [0.5, 0.6) is 0 Å². The smallest absolute Gasteiger partial charge is 0.253 e. The Hall–Kier alpha value is -1.52. The molecule has 1 amide bonds. The third kappa shape index (κ3) is 5.75. The first-order chi connectivity index (χ1) is 11.9. The third-order valence-electron chi connectivity index (χ3n) is 3.82. The normalized spacial score (nSPS) is 16.6. The molecule has 1 aromatic carbocycles. The molecule has 8 nitrogen and oxygen atoms in total. The zero-order chi connectivity index (χ0) is 18.3. The fourth-order valence-corrected chi connectivity index (χ4v) is 3.57. The molecule has 3 N–H and O–H groups in total. The van der Waals surface area contributed by atoms with Crippen LogP contribution in [0.4, 0.5) is 0 Å². The minimum Gasteiger partial charge on any atom is -0.389 e. The van der Waals surface area contributed by atoms with Gasteiger partial charge in [-0.2, -0.15) is 0 Å². The highest BCUT2D eigenvalue weighted by Gasteiger charge is 2.21. The van der Waals surface area contributed by atoms with Gasteiger partial charge in [-0.3, -0.25) is 4.79 Å². The number of hydrogen-bond acceptors (Lipinski definition) is 6. The van der Waals surface area contributed by atoms with Gasteiger partial charge in [0, 0.05) is 44.9 Å². The first kappa shape index (κ1) is 19.8. The van der Waals surface area contributed by atoms with Crippen LogP contribution in [-0.4, -0.2) is 76.4 Å². The van der Waals surface area contributed by atoms with E-state index in [1.807, 2.05) is 0 Å². The molecule has 0 bridgehead atoms. The first-order valence-electron chi connectivity index (χ1n) is 8.29. The van der Waals surface area contributed by atoms with Gasteiger partial charge < -0.3 is 20.1 Å². The number of rotatable bonds is 8. The highest BCUT2D eigenvalue weighted by molar-refractivity contribution is 7.89. The largest absolute Gasteiger partial charge is 0.389 e. The molecule has 1 fully saturated rings. The number of carbonyl (C=O) groups excluding carboxylic acids is 1. The van der Waals surface area contributed by atoms with Gasteiger partial charge in [0.05, 0.1) is 17.6 Å². The van der Waals surface area contributed by atoms with Crippen LogP contribution in [0.3, 0.4) is 0 Å². The number of sulfonamides is 1. The Morgan fingerprint density at radius 2 is 2.12 bits per heavy atom. The number of benzene rings is 1. The summed E-state index contributed by atoms with van der Waals surface area (Å²) in [6.07, 6.45) is -0.930. The van der Waals surface area contributed by atoms with Crippen molar-refractivity contribution in [1.82, 2.24) is 14.9 Å². The molecule has 1 heterocycles. The van der Waals surface area contributed by atoms with Crippen LogP contribution in [0.1, 0.15) is 17.3 Å². The van der Waals surface area contributed by atoms with Crippen molar-refractivity contribution >= 4 is 15.9 Å². The van der Waals surface area contributed by atoms with E-state index in [9.17, 15) is 18.3 Å². The molecule has 0 unspecified atom stereocenters. The second-order valence-corrected chi connectivity index (χ2v) is 7.50. The van der Waals surface area contributed by atoms with E-state index in [0.717, 1.165) is 13.1 Å². The first-order valence-corrected chi connectivity index (χ1v) is 9.78. The van der Waals surface area contributed by atoms with Crippen molar-refractivity contribution in [1.29, 1.82) is 0 Å². The van der Waals surface area contributed by atoms with Crippen LogP contribution in [-0.2, 0) is 14.8 Å². The van der Waals surface area contributed by atoms with E-state index in [2.05, 4.69) is 10.0 Å². The summed E-state index contributed by atoms with van der Waals surface area (Å²) in [6, 6.07) is 5.93. The van der Waals surface area contributed by atoms with Crippen molar-refractivity contribution in [3.8, 4) is 0 Å². The van der Waals surface area contributed by atoms with Gasteiger partial charge in [-0.1, -0.05) is 6.07 Å². The molecule has 0 aliphatic carbocycles. The second kappa shape index (κ2) is 9.25. The third-order valence-corrected chi connectivity index (χ3v) is 5.24. The van der Waals surface area contributed by atoms with E-state index in [4.69, 9.17) is 4.74 Å². The molecule has 1 atom stereocenters. The molecule has 0 saturated carbocycles. The van der Waals surface area contributed by atoms with Crippen LogP contribution in [0.2, 0.25) is 0 Å². The van der Waals surface area contributed by atoms with Crippen LogP contribution < -0.4 is 10.0 Å². The van der Waals surface area contributed by atoms with Gasteiger partial charge in [0.25, 0.3) is 5.91 Å². The molecule has 1 aliphatic rings. The Morgan fingerprint density at radius 3 is 2.80 bits per heavy atom. The Morgan fingerprint density at radius 1 is 1.40 bits per heavy atom. The molecule has 140 valence electrons. The number of nitrogens with zero attached hydrogens (tertiary/aromatic N) is 1. The van der Waals surface area contributed by atoms with Gasteiger partial charge in [0.1, 0.15) is 0 Å². The van der Waals surface area contributed by atoms with Crippen LogP contribution in [0.15, 0.2) is 29.2 Å². The van der Waals surface area contributed by atoms with Crippen LogP contribution in [0, 0.1) is 0 Å². The number of amides is 1. The van der Waals surface area contributed by atoms with Gasteiger partial charge in [-0.05, 0) is 25.1 Å². The van der Waals surface area contributed by atoms with Gasteiger partial charge in [-0.15, -0.1) is 0 Å². The fraction of sp³-hybridized carbons (Fsp3) is 0.562. The maximum atomic E-state index is 12.5. The van der Waals surface area contributed by atoms with E-state index in [0.29, 0.717) is 25.3 Å². The molecule has 0 aromatic heterocycles. The summed E-state index contributed by atoms with van der Waals surface area (Å²) < 4.78 is 32.1. The Balaban J connectivity index is 2.04. The van der Waals surface area contributed by atoms with Gasteiger partial charge in [-0.25, -0.2) is 13.1 Å². The van der Waals surface area contributed by atoms with E-state index in [1.54, 1.807) is 24.0 Å². The van der Waals surface area contributed by atoms with Crippen molar-refractivity contribution in [2.45, 2.75) is 17.9 Å². The predicted octanol–water partition coefficient (Wildman–Crippen LogP) is -0.592. The molecule has 1 aromatic rings. The second-order valence-electron chi connectivity index (χ2n) is 5.74. The standard InChI is InChI=1S/C16H25N3O5S/c1-2-24-12-14(20)11-18-25(22,23)15-5-3-4-13(10-15)16(21)19-8-6-17-7-9-19/h3-5,10,14,17-18,20H,2,6-9,11-12H2,1H3/t14-/m1/s1. The maximum Gasteiger partial charge on any atom is 0.253 e. The summed E-state index contributed by atoms with van der Waals surface area (Å²) in [5.41, 5.74) is 0.333. The monoisotopic (exact) mass is 371 g/mol. The SMILES string of the molecule is CCOC[C@H](O)CNS(=O)(=O)c1cccc(C(=O)N2CCNCC2)c1. The summed E-state index contributed by atoms with van der Waals surface area (Å²) in [7, 11) is -3.82. The molecule has 1 aliphatic heterocycles. The molecular formula is C16H25N3O5S. The average molecular weight is 371 g/mol. The number of ether oxygens (including phenoxy) is 1. The quantitative estimate of drug-likeness (QED) is 0.564. The average Bonchev–Trinajstić information content (AvgIpc) is 2.65. The predicted molar refractivity (Wildman–Crippen MR) is 92.9 cm³/mol. The zero-order valence-electron chi connectivity index (χ0n) is 14.3. The highest BCUT2D eigenvalue weighted by atomic mass is 32.2. The molecule has 1 saturated heterocycles. The van der Waals surface area contributed by atoms with E-state index in [-0.39, 0.29) is 24.0 Å². The van der Waals surface area contributed by atoms with Gasteiger partial charge in [0.2, 0.25) is 10.0 Å². The summed E-state index contributed by atoms with van der Waals surface area (Å²) in [5.74, 6) is -0.185. The molecule has 25 heavy (non-hydrogen) atoms. The fourth-order valence-electron chi connectivity index (χ4n) is 2.45. The topological polar surface area (TPSA) is 108 Å². The van der Waals surface area contributed by atoms with Crippen molar-refractivity contribution in [3.63, 3.8) is 0 Å². The molecular weight excluding hydrogens is 346 g/mol. The number of aliphatic hydroxyl groups is 1. The van der Waals surface area contributed by atoms with Crippen molar-refractivity contribution in [3.05, 3.63) is 29.8 Å². The van der Waals surface area contributed by atoms with Crippen molar-refractivity contribution < 1.29 is 23.1 Å². The van der Waals surface area contributed by atoms with Gasteiger partial charge >= 0.3 is 0 Å². The lowest BCUT2D eigenvalue weighted by Gasteiger charge is -2.27. The molecule has 2 rings (SSSR count). The summed E-state index contributed by atoms with van der Waals surface area (Å²) >= 11 is 0. The van der Waals surface area contributed by atoms with E-state index < -0.39 is 16.1 Å². The Kier molecular flexibility index (Phi) is 7.33. The van der Waals surface area contributed by atoms with E-state index in [1.165, 1.54) is 12.1 Å². The number of aliphatic hydroxyl groups excluding tert-OH is 1. The minimum absolute atomic E-state index is 0.00269. The molecule has 0 radical (unpaired) electrons. The van der Waals surface area contributed by atoms with Crippen molar-refractivity contribution in [2.24, 2.45) is 0 Å². The summed E-state index contributed by atoms with van der Waals surface area (Å²) in [5, 5.41) is 12.8. The lowest BCUT2D eigenvalue weighted by Crippen LogP contribution is -2.46. The number of carbonyl (C=O) groups is 1. The van der Waals surface area contributed by atoms with Gasteiger partial charge in [0.15, 0.2) is 0 Å². The van der Waals surface area contributed by atoms with Crippen LogP contribution >= 0.6 is 0 Å². The lowest BCUT2D eigenvalue weighted by molar-refractivity contribution is 0.0456. The number of piperazine rings is 1. The maximum absolute atomic E-state index is 12.5. The molecule has 0 spiro atoms. The molecule has 9 heteroatoms. The number of nitrogens with one attached hydrogen (secondary N) is 2. The van der Waals surface area contributed by atoms with Crippen molar-refractivity contribution in [2.75, 3.05) is 45.9 Å². The number of hydrogen-bond donors (Lipinski definition) is 3. The van der Waals surface area contributed by atoms with Crippen LogP contribution in [0.25, 0.3) is 0 Å².